The molecule has 3 rings (SSSR count). The van der Waals surface area contributed by atoms with E-state index in [0.717, 1.165) is 6.07 Å². The predicted octanol–water partition coefficient (Wildman–Crippen LogP) is 3.32. The van der Waals surface area contributed by atoms with Crippen LogP contribution in [0.1, 0.15) is 52.6 Å². The molecule has 0 atom stereocenters. The van der Waals surface area contributed by atoms with Crippen molar-refractivity contribution in [2.45, 2.75) is 39.9 Å². The molecule has 3 heterocycles. The van der Waals surface area contributed by atoms with Gasteiger partial charge in [-0.2, -0.15) is 23.4 Å². The van der Waals surface area contributed by atoms with E-state index in [0.29, 0.717) is 24.0 Å². The summed E-state index contributed by atoms with van der Waals surface area (Å²) in [5, 5.41) is 12.6. The van der Waals surface area contributed by atoms with Gasteiger partial charge in [0.15, 0.2) is 17.0 Å². The summed E-state index contributed by atoms with van der Waals surface area (Å²) in [7, 11) is 0. The van der Waals surface area contributed by atoms with Crippen LogP contribution in [-0.2, 0) is 12.7 Å². The van der Waals surface area contributed by atoms with Crippen LogP contribution in [0.25, 0.3) is 5.65 Å². The second kappa shape index (κ2) is 8.53. The monoisotopic (exact) mass is 457 g/mol. The van der Waals surface area contributed by atoms with Gasteiger partial charge in [0.2, 0.25) is 0 Å². The number of aromatic nitrogens is 5. The maximum absolute atomic E-state index is 13.4. The first-order chi connectivity index (χ1) is 14.6. The molecule has 13 heteroatoms. The third-order valence-corrected chi connectivity index (χ3v) is 4.60. The maximum atomic E-state index is 13.4. The highest BCUT2D eigenvalue weighted by Gasteiger charge is 2.36. The molecule has 0 spiro atoms. The zero-order valence-electron chi connectivity index (χ0n) is 16.8. The van der Waals surface area contributed by atoms with Crippen molar-refractivity contribution in [2.24, 2.45) is 0 Å². The number of anilines is 1. The van der Waals surface area contributed by atoms with Crippen molar-refractivity contribution in [1.82, 2.24) is 29.7 Å². The van der Waals surface area contributed by atoms with Crippen LogP contribution in [0, 0.1) is 6.92 Å². The van der Waals surface area contributed by atoms with E-state index in [2.05, 4.69) is 25.8 Å². The first-order valence-electron chi connectivity index (χ1n) is 9.36. The lowest BCUT2D eigenvalue weighted by molar-refractivity contribution is -0.142. The molecule has 2 N–H and O–H groups in total. The van der Waals surface area contributed by atoms with E-state index < -0.39 is 29.4 Å². The summed E-state index contributed by atoms with van der Waals surface area (Å²) in [6.07, 6.45) is -2.60. The van der Waals surface area contributed by atoms with Crippen molar-refractivity contribution in [2.75, 3.05) is 11.9 Å². The summed E-state index contributed by atoms with van der Waals surface area (Å²) in [5.74, 6) is -1.40. The summed E-state index contributed by atoms with van der Waals surface area (Å²) in [6.45, 7) is 5.88. The topological polar surface area (TPSA) is 106 Å². The smallest absolute Gasteiger partial charge is 0.351 e. The lowest BCUT2D eigenvalue weighted by Crippen LogP contribution is -2.26. The fourth-order valence-electron chi connectivity index (χ4n) is 2.81. The number of carbonyl (C=O) groups is 2. The second-order valence-corrected chi connectivity index (χ2v) is 7.01. The maximum Gasteiger partial charge on any atom is 0.433 e. The van der Waals surface area contributed by atoms with Gasteiger partial charge in [-0.3, -0.25) is 14.3 Å². The van der Waals surface area contributed by atoms with Crippen LogP contribution in [0.15, 0.2) is 12.3 Å². The first-order valence-corrected chi connectivity index (χ1v) is 9.74. The van der Waals surface area contributed by atoms with Crippen molar-refractivity contribution in [3.05, 3.63) is 40.1 Å². The zero-order chi connectivity index (χ0) is 22.9. The first kappa shape index (κ1) is 22.5. The minimum Gasteiger partial charge on any atom is -0.351 e. The number of hydrogen-bond acceptors (Lipinski definition) is 5. The van der Waals surface area contributed by atoms with Crippen LogP contribution >= 0.6 is 11.6 Å². The van der Waals surface area contributed by atoms with Crippen LogP contribution in [-0.4, -0.2) is 42.7 Å². The van der Waals surface area contributed by atoms with E-state index in [1.807, 2.05) is 6.92 Å². The Bertz CT molecular complexity index is 1150. The number of nitrogens with one attached hydrogen (secondary N) is 2. The molecule has 31 heavy (non-hydrogen) atoms. The number of amides is 2. The van der Waals surface area contributed by atoms with E-state index >= 15 is 0 Å². The lowest BCUT2D eigenvalue weighted by atomic mass is 10.3. The Morgan fingerprint density at radius 2 is 1.87 bits per heavy atom. The summed E-state index contributed by atoms with van der Waals surface area (Å²) in [4.78, 5) is 29.1. The average Bonchev–Trinajstić information content (AvgIpc) is 3.26. The van der Waals surface area contributed by atoms with Gasteiger partial charge in [-0.25, -0.2) is 9.50 Å². The molecule has 2 amide bonds. The normalized spacial score (nSPS) is 11.7. The molecule has 3 aromatic heterocycles. The molecule has 0 unspecified atom stereocenters. The van der Waals surface area contributed by atoms with Gasteiger partial charge in [0.05, 0.1) is 5.69 Å². The molecule has 0 aliphatic heterocycles. The van der Waals surface area contributed by atoms with Gasteiger partial charge in [0.25, 0.3) is 11.8 Å². The number of fused-ring (bicyclic) bond motifs is 1. The third kappa shape index (κ3) is 4.48. The Morgan fingerprint density at radius 3 is 2.48 bits per heavy atom. The van der Waals surface area contributed by atoms with E-state index in [1.165, 1.54) is 17.8 Å². The van der Waals surface area contributed by atoms with Gasteiger partial charge in [-0.1, -0.05) is 18.5 Å². The Hall–Kier alpha value is -3.15. The fraction of sp³-hybridized carbons (Fsp3) is 0.389. The van der Waals surface area contributed by atoms with Crippen molar-refractivity contribution < 1.29 is 22.8 Å². The Labute approximate surface area is 179 Å². The summed E-state index contributed by atoms with van der Waals surface area (Å²) >= 11 is 6.14. The molecule has 0 aliphatic rings. The standard InChI is InChI=1S/C18H19ClF3N7O2/c1-4-6-23-16(30)13-10(8-28(5-2)26-13)25-17(31)14-12(19)15-24-9(3)7-11(18(20,21)22)29(15)27-14/h7-8H,4-6H2,1-3H3,(H,23,30)(H,25,31). The summed E-state index contributed by atoms with van der Waals surface area (Å²) < 4.78 is 42.1. The molecule has 3 aromatic rings. The van der Waals surface area contributed by atoms with Crippen molar-refractivity contribution in [3.8, 4) is 0 Å². The molecule has 9 nitrogen and oxygen atoms in total. The number of rotatable bonds is 6. The molecule has 0 saturated heterocycles. The highest BCUT2D eigenvalue weighted by atomic mass is 35.5. The van der Waals surface area contributed by atoms with E-state index in [9.17, 15) is 22.8 Å². The summed E-state index contributed by atoms with van der Waals surface area (Å²) in [6, 6.07) is 0.805. The lowest BCUT2D eigenvalue weighted by Gasteiger charge is -2.09. The van der Waals surface area contributed by atoms with Gasteiger partial charge in [0, 0.05) is 25.0 Å². The number of aryl methyl sites for hydroxylation is 2. The van der Waals surface area contributed by atoms with Crippen LogP contribution in [0.4, 0.5) is 18.9 Å². The minimum atomic E-state index is -4.73. The molecule has 0 radical (unpaired) electrons. The fourth-order valence-corrected chi connectivity index (χ4v) is 3.05. The quantitative estimate of drug-likeness (QED) is 0.590. The summed E-state index contributed by atoms with van der Waals surface area (Å²) in [5.41, 5.74) is -1.77. The SMILES string of the molecule is CCCNC(=O)c1nn(CC)cc1NC(=O)c1nn2c(C(F)(F)F)cc(C)nc2c1Cl. The Morgan fingerprint density at radius 1 is 1.16 bits per heavy atom. The highest BCUT2D eigenvalue weighted by molar-refractivity contribution is 6.37. The molecule has 0 saturated carbocycles. The van der Waals surface area contributed by atoms with Gasteiger partial charge >= 0.3 is 6.18 Å². The van der Waals surface area contributed by atoms with Crippen molar-refractivity contribution in [1.29, 1.82) is 0 Å². The van der Waals surface area contributed by atoms with Crippen molar-refractivity contribution >= 4 is 34.7 Å². The van der Waals surface area contributed by atoms with Gasteiger partial charge in [-0.15, -0.1) is 0 Å². The number of hydrogen-bond donors (Lipinski definition) is 2. The average molecular weight is 458 g/mol. The third-order valence-electron chi connectivity index (χ3n) is 4.25. The largest absolute Gasteiger partial charge is 0.433 e. The number of carbonyl (C=O) groups excluding carboxylic acids is 2. The van der Waals surface area contributed by atoms with E-state index in [1.54, 1.807) is 6.92 Å². The molecule has 0 fully saturated rings. The predicted molar refractivity (Wildman–Crippen MR) is 106 cm³/mol. The molecule has 0 bridgehead atoms. The van der Waals surface area contributed by atoms with Crippen molar-refractivity contribution in [3.63, 3.8) is 0 Å². The van der Waals surface area contributed by atoms with Crippen LogP contribution in [0.5, 0.6) is 0 Å². The number of nitrogens with zero attached hydrogens (tertiary/aromatic N) is 5. The van der Waals surface area contributed by atoms with Gasteiger partial charge in [0.1, 0.15) is 10.7 Å². The van der Waals surface area contributed by atoms with E-state index in [-0.39, 0.29) is 27.7 Å². The Balaban J connectivity index is 2.01. The second-order valence-electron chi connectivity index (χ2n) is 6.64. The Kier molecular flexibility index (Phi) is 6.20. The minimum absolute atomic E-state index is 0.0338. The molecule has 0 aliphatic carbocycles. The van der Waals surface area contributed by atoms with Crippen LogP contribution in [0.3, 0.4) is 0 Å². The van der Waals surface area contributed by atoms with Gasteiger partial charge in [-0.05, 0) is 26.3 Å². The van der Waals surface area contributed by atoms with Crippen LogP contribution in [0.2, 0.25) is 5.02 Å². The number of halogens is 4. The zero-order valence-corrected chi connectivity index (χ0v) is 17.6. The molecule has 166 valence electrons. The van der Waals surface area contributed by atoms with E-state index in [4.69, 9.17) is 11.6 Å². The molecule has 0 aromatic carbocycles. The highest BCUT2D eigenvalue weighted by Crippen LogP contribution is 2.32. The molecular weight excluding hydrogens is 439 g/mol. The van der Waals surface area contributed by atoms with Gasteiger partial charge < -0.3 is 10.6 Å². The molecular formula is C18H19ClF3N7O2. The number of alkyl halides is 3. The van der Waals surface area contributed by atoms with Crippen LogP contribution < -0.4 is 10.6 Å².